The zero-order chi connectivity index (χ0) is 30.5. The van der Waals surface area contributed by atoms with Crippen LogP contribution in [-0.2, 0) is 43.4 Å². The number of phenolic OH excluding ortho intramolecular Hbond substituents is 1. The number of aromatic hydroxyl groups is 1. The van der Waals surface area contributed by atoms with Crippen molar-refractivity contribution in [3.8, 4) is 5.75 Å². The second kappa shape index (κ2) is 15.8. The minimum absolute atomic E-state index is 0.00355. The summed E-state index contributed by atoms with van der Waals surface area (Å²) in [6.07, 6.45) is -2.09. The summed E-state index contributed by atoms with van der Waals surface area (Å²) in [5.74, 6) is -1.42. The average molecular weight is 577 g/mol. The number of phenols is 1. The summed E-state index contributed by atoms with van der Waals surface area (Å²) >= 11 is 0. The van der Waals surface area contributed by atoms with Gasteiger partial charge in [0.05, 0.1) is 7.11 Å². The summed E-state index contributed by atoms with van der Waals surface area (Å²) in [6, 6.07) is 21.2. The molecule has 3 aromatic rings. The van der Waals surface area contributed by atoms with E-state index in [0.29, 0.717) is 21.6 Å². The smallest absolute Gasteiger partial charge is 0.420 e. The Morgan fingerprint density at radius 1 is 0.762 bits per heavy atom. The van der Waals surface area contributed by atoms with E-state index < -0.39 is 36.1 Å². The molecular weight excluding hydrogens is 540 g/mol. The summed E-state index contributed by atoms with van der Waals surface area (Å²) in [5.41, 5.74) is 1.87. The summed E-state index contributed by atoms with van der Waals surface area (Å²) in [6.45, 7) is 3.44. The van der Waals surface area contributed by atoms with Gasteiger partial charge < -0.3 is 24.6 Å². The molecule has 3 amide bonds. The summed E-state index contributed by atoms with van der Waals surface area (Å²) in [5, 5.41) is 12.4. The molecule has 42 heavy (non-hydrogen) atoms. The quantitative estimate of drug-likeness (QED) is 0.228. The van der Waals surface area contributed by atoms with E-state index in [2.05, 4.69) is 5.32 Å². The predicted octanol–water partition coefficient (Wildman–Crippen LogP) is 4.98. The maximum atomic E-state index is 13.8. The van der Waals surface area contributed by atoms with Crippen LogP contribution < -0.4 is 5.32 Å². The van der Waals surface area contributed by atoms with E-state index >= 15 is 0 Å². The number of carbonyl (C=O) groups is 4. The molecule has 0 unspecified atom stereocenters. The molecule has 0 bridgehead atoms. The Morgan fingerprint density at radius 2 is 1.26 bits per heavy atom. The summed E-state index contributed by atoms with van der Waals surface area (Å²) in [7, 11) is 1.21. The number of methoxy groups -OCH3 is 1. The van der Waals surface area contributed by atoms with Gasteiger partial charge in [-0.05, 0) is 41.2 Å². The van der Waals surface area contributed by atoms with Gasteiger partial charge in [-0.2, -0.15) is 4.90 Å². The highest BCUT2D eigenvalue weighted by molar-refractivity contribution is 5.96. The van der Waals surface area contributed by atoms with Crippen molar-refractivity contribution >= 4 is 24.1 Å². The number of ether oxygens (including phenoxy) is 3. The second-order valence-corrected chi connectivity index (χ2v) is 10.1. The molecule has 0 aliphatic carbocycles. The van der Waals surface area contributed by atoms with E-state index in [1.165, 1.54) is 19.2 Å². The van der Waals surface area contributed by atoms with Crippen molar-refractivity contribution in [1.82, 2.24) is 10.2 Å². The SMILES string of the molecule is COC(=O)[C@@H](CC(C)C)NC(=O)[C@@H](Cc1ccc(O)cc1)N(C(=O)OCc1ccccc1)C(=O)OCc1ccccc1. The van der Waals surface area contributed by atoms with Gasteiger partial charge in [-0.3, -0.25) is 4.79 Å². The number of amides is 3. The third kappa shape index (κ3) is 9.65. The maximum absolute atomic E-state index is 13.8. The van der Waals surface area contributed by atoms with Gasteiger partial charge in [-0.25, -0.2) is 14.4 Å². The van der Waals surface area contributed by atoms with Crippen LogP contribution in [0.3, 0.4) is 0 Å². The third-order valence-electron chi connectivity index (χ3n) is 6.29. The van der Waals surface area contributed by atoms with Gasteiger partial charge >= 0.3 is 18.2 Å². The van der Waals surface area contributed by atoms with Crippen molar-refractivity contribution in [2.24, 2.45) is 5.92 Å². The standard InChI is InChI=1S/C32H36N2O8/c1-22(2)18-27(30(37)40-3)33-29(36)28(19-23-14-16-26(35)17-15-23)34(31(38)41-20-24-10-6-4-7-11-24)32(39)42-21-25-12-8-5-9-13-25/h4-17,22,27-28,35H,18-21H2,1-3H3,(H,33,36)/t27-,28-/m1/s1. The first-order chi connectivity index (χ1) is 20.2. The molecule has 0 saturated carbocycles. The molecule has 3 rings (SSSR count). The molecule has 3 aromatic carbocycles. The largest absolute Gasteiger partial charge is 0.508 e. The molecule has 0 spiro atoms. The van der Waals surface area contributed by atoms with E-state index in [1.54, 1.807) is 60.7 Å². The molecule has 0 radical (unpaired) electrons. The summed E-state index contributed by atoms with van der Waals surface area (Å²) < 4.78 is 15.8. The Kier molecular flexibility index (Phi) is 11.9. The molecule has 10 heteroatoms. The number of carbonyl (C=O) groups excluding carboxylic acids is 4. The van der Waals surface area contributed by atoms with E-state index in [0.717, 1.165) is 0 Å². The Morgan fingerprint density at radius 3 is 1.71 bits per heavy atom. The van der Waals surface area contributed by atoms with Gasteiger partial charge in [0.2, 0.25) is 5.91 Å². The first kappa shape index (κ1) is 31.7. The molecule has 2 N–H and O–H groups in total. The molecule has 0 saturated heterocycles. The van der Waals surface area contributed by atoms with Gasteiger partial charge in [-0.1, -0.05) is 86.6 Å². The first-order valence-electron chi connectivity index (χ1n) is 13.5. The predicted molar refractivity (Wildman–Crippen MR) is 154 cm³/mol. The fourth-order valence-electron chi connectivity index (χ4n) is 4.16. The normalized spacial score (nSPS) is 12.1. The number of benzene rings is 3. The average Bonchev–Trinajstić information content (AvgIpc) is 2.99. The number of nitrogens with one attached hydrogen (secondary N) is 1. The maximum Gasteiger partial charge on any atom is 0.420 e. The fraction of sp³-hybridized carbons (Fsp3) is 0.312. The molecule has 0 heterocycles. The van der Waals surface area contributed by atoms with Gasteiger partial charge in [0.1, 0.15) is 31.0 Å². The molecule has 0 aliphatic rings. The zero-order valence-corrected chi connectivity index (χ0v) is 23.9. The van der Waals surface area contributed by atoms with E-state index in [4.69, 9.17) is 14.2 Å². The highest BCUT2D eigenvalue weighted by Gasteiger charge is 2.39. The highest BCUT2D eigenvalue weighted by atomic mass is 16.6. The monoisotopic (exact) mass is 576 g/mol. The van der Waals surface area contributed by atoms with Crippen LogP contribution >= 0.6 is 0 Å². The van der Waals surface area contributed by atoms with E-state index in [1.807, 2.05) is 26.0 Å². The molecule has 0 aromatic heterocycles. The van der Waals surface area contributed by atoms with E-state index in [-0.39, 0.29) is 37.7 Å². The van der Waals surface area contributed by atoms with Crippen molar-refractivity contribution in [3.05, 3.63) is 102 Å². The van der Waals surface area contributed by atoms with Crippen LogP contribution in [0.15, 0.2) is 84.9 Å². The van der Waals surface area contributed by atoms with Gasteiger partial charge in [0, 0.05) is 6.42 Å². The van der Waals surface area contributed by atoms with Crippen molar-refractivity contribution in [2.45, 2.75) is 52.0 Å². The zero-order valence-electron chi connectivity index (χ0n) is 23.9. The third-order valence-corrected chi connectivity index (χ3v) is 6.29. The number of esters is 1. The lowest BCUT2D eigenvalue weighted by molar-refractivity contribution is -0.146. The van der Waals surface area contributed by atoms with Crippen LogP contribution in [0.1, 0.15) is 37.0 Å². The van der Waals surface area contributed by atoms with Crippen LogP contribution in [0.2, 0.25) is 0 Å². The topological polar surface area (TPSA) is 131 Å². The number of hydrogen-bond donors (Lipinski definition) is 2. The van der Waals surface area contributed by atoms with Crippen molar-refractivity contribution < 1.29 is 38.5 Å². The lowest BCUT2D eigenvalue weighted by Gasteiger charge is -2.29. The highest BCUT2D eigenvalue weighted by Crippen LogP contribution is 2.18. The van der Waals surface area contributed by atoms with E-state index in [9.17, 15) is 24.3 Å². The van der Waals surface area contributed by atoms with Crippen LogP contribution in [0.4, 0.5) is 9.59 Å². The van der Waals surface area contributed by atoms with Crippen LogP contribution in [0, 0.1) is 5.92 Å². The fourth-order valence-corrected chi connectivity index (χ4v) is 4.16. The summed E-state index contributed by atoms with van der Waals surface area (Å²) in [4.78, 5) is 53.9. The molecule has 10 nitrogen and oxygen atoms in total. The van der Waals surface area contributed by atoms with Crippen LogP contribution in [0.5, 0.6) is 5.75 Å². The lowest BCUT2D eigenvalue weighted by Crippen LogP contribution is -2.56. The van der Waals surface area contributed by atoms with Crippen molar-refractivity contribution in [3.63, 3.8) is 0 Å². The Balaban J connectivity index is 1.96. The van der Waals surface area contributed by atoms with Gasteiger partial charge in [0.25, 0.3) is 0 Å². The minimum Gasteiger partial charge on any atom is -0.508 e. The van der Waals surface area contributed by atoms with Crippen LogP contribution in [0.25, 0.3) is 0 Å². The van der Waals surface area contributed by atoms with Gasteiger partial charge in [0.15, 0.2) is 0 Å². The Hall–Kier alpha value is -4.86. The Bertz CT molecular complexity index is 1260. The van der Waals surface area contributed by atoms with Crippen LogP contribution in [-0.4, -0.2) is 53.3 Å². The number of imide groups is 1. The molecule has 222 valence electrons. The van der Waals surface area contributed by atoms with Crippen molar-refractivity contribution in [2.75, 3.05) is 7.11 Å². The number of nitrogens with zero attached hydrogens (tertiary/aromatic N) is 1. The molecule has 0 fully saturated rings. The number of hydrogen-bond acceptors (Lipinski definition) is 8. The van der Waals surface area contributed by atoms with Crippen molar-refractivity contribution in [1.29, 1.82) is 0 Å². The minimum atomic E-state index is -1.47. The Labute approximate surface area is 245 Å². The first-order valence-corrected chi connectivity index (χ1v) is 13.5. The van der Waals surface area contributed by atoms with Gasteiger partial charge in [-0.15, -0.1) is 0 Å². The molecule has 2 atom stereocenters. The number of rotatable bonds is 12. The molecular formula is C32H36N2O8. The second-order valence-electron chi connectivity index (χ2n) is 10.1. The lowest BCUT2D eigenvalue weighted by atomic mass is 10.0. The molecule has 0 aliphatic heterocycles.